The van der Waals surface area contributed by atoms with E-state index < -0.39 is 11.4 Å². The van der Waals surface area contributed by atoms with Gasteiger partial charge < -0.3 is 4.74 Å². The van der Waals surface area contributed by atoms with E-state index >= 15 is 0 Å². The molecule has 0 fully saturated rings. The van der Waals surface area contributed by atoms with Crippen molar-refractivity contribution in [3.05, 3.63) is 38.6 Å². The Morgan fingerprint density at radius 3 is 2.94 bits per heavy atom. The van der Waals surface area contributed by atoms with Gasteiger partial charge in [-0.1, -0.05) is 15.9 Å². The first-order valence-electron chi connectivity index (χ1n) is 4.39. The highest BCUT2D eigenvalue weighted by atomic mass is 79.9. The molecule has 0 aliphatic heterocycles. The Hall–Kier alpha value is -1.69. The van der Waals surface area contributed by atoms with Crippen molar-refractivity contribution in [3.63, 3.8) is 0 Å². The summed E-state index contributed by atoms with van der Waals surface area (Å²) in [6.45, 7) is 0. The van der Waals surface area contributed by atoms with Crippen LogP contribution in [0.25, 0.3) is 10.9 Å². The second-order valence-electron chi connectivity index (χ2n) is 3.08. The lowest BCUT2D eigenvalue weighted by Gasteiger charge is -2.00. The number of aromatic nitrogens is 2. The molecule has 0 saturated heterocycles. The van der Waals surface area contributed by atoms with Gasteiger partial charge in [-0.05, 0) is 18.2 Å². The Morgan fingerprint density at radius 1 is 1.50 bits per heavy atom. The molecule has 82 valence electrons. The number of carbonyl (C=O) groups is 1. The third-order valence-electron chi connectivity index (χ3n) is 2.11. The predicted octanol–water partition coefficient (Wildman–Crippen LogP) is 1.47. The van der Waals surface area contributed by atoms with Gasteiger partial charge in [0.15, 0.2) is 0 Å². The normalized spacial score (nSPS) is 10.4. The number of nitrogens with zero attached hydrogens (tertiary/aromatic N) is 1. The quantitative estimate of drug-likeness (QED) is 0.804. The van der Waals surface area contributed by atoms with E-state index in [0.717, 1.165) is 4.47 Å². The molecule has 1 N–H and O–H groups in total. The van der Waals surface area contributed by atoms with Gasteiger partial charge in [0.25, 0.3) is 0 Å². The second-order valence-corrected chi connectivity index (χ2v) is 4.00. The van der Waals surface area contributed by atoms with Gasteiger partial charge in [0.05, 0.1) is 18.0 Å². The van der Waals surface area contributed by atoms with Crippen LogP contribution >= 0.6 is 15.9 Å². The van der Waals surface area contributed by atoms with Crippen molar-refractivity contribution in [1.29, 1.82) is 0 Å². The van der Waals surface area contributed by atoms with Crippen LogP contribution in [0.3, 0.4) is 0 Å². The number of hydrogen-bond donors (Lipinski definition) is 1. The van der Waals surface area contributed by atoms with Crippen LogP contribution in [0.1, 0.15) is 10.5 Å². The van der Waals surface area contributed by atoms with E-state index in [1.165, 1.54) is 7.11 Å². The maximum Gasteiger partial charge on any atom is 0.362 e. The molecule has 5 nitrogen and oxygen atoms in total. The van der Waals surface area contributed by atoms with E-state index in [9.17, 15) is 9.59 Å². The number of esters is 1. The molecule has 6 heteroatoms. The van der Waals surface area contributed by atoms with Crippen molar-refractivity contribution < 1.29 is 9.53 Å². The molecular weight excluding hydrogens is 276 g/mol. The zero-order valence-corrected chi connectivity index (χ0v) is 9.87. The lowest BCUT2D eigenvalue weighted by atomic mass is 10.2. The third kappa shape index (κ3) is 1.71. The summed E-state index contributed by atoms with van der Waals surface area (Å²) < 4.78 is 5.22. The Bertz CT molecular complexity index is 621. The Morgan fingerprint density at radius 2 is 2.25 bits per heavy atom. The van der Waals surface area contributed by atoms with Crippen LogP contribution in [0.2, 0.25) is 0 Å². The molecule has 1 aromatic carbocycles. The summed E-state index contributed by atoms with van der Waals surface area (Å²) in [5.41, 5.74) is -0.115. The van der Waals surface area contributed by atoms with Gasteiger partial charge in [0, 0.05) is 4.47 Å². The number of carbonyl (C=O) groups excluding carboxylic acids is 1. The number of halogens is 1. The summed E-state index contributed by atoms with van der Waals surface area (Å²) in [6, 6.07) is 5.11. The average Bonchev–Trinajstić information content (AvgIpc) is 2.29. The van der Waals surface area contributed by atoms with Gasteiger partial charge in [0.1, 0.15) is 0 Å². The highest BCUT2D eigenvalue weighted by Gasteiger charge is 2.15. The summed E-state index contributed by atoms with van der Waals surface area (Å²) in [4.78, 5) is 23.1. The summed E-state index contributed by atoms with van der Waals surface area (Å²) in [6.07, 6.45) is 0. The molecule has 2 rings (SSSR count). The zero-order valence-electron chi connectivity index (χ0n) is 8.28. The zero-order chi connectivity index (χ0) is 11.7. The summed E-state index contributed by atoms with van der Waals surface area (Å²) in [7, 11) is 1.20. The van der Waals surface area contributed by atoms with Crippen LogP contribution in [0.15, 0.2) is 27.5 Å². The summed E-state index contributed by atoms with van der Waals surface area (Å²) in [5, 5.41) is 6.70. The van der Waals surface area contributed by atoms with Gasteiger partial charge in [-0.25, -0.2) is 4.79 Å². The molecule has 0 amide bonds. The number of ether oxygens (including phenoxy) is 1. The van der Waals surface area contributed by atoms with E-state index in [-0.39, 0.29) is 5.69 Å². The SMILES string of the molecule is COC(=O)c1n[nH]c2ccc(Br)cc2c1=O. The predicted molar refractivity (Wildman–Crippen MR) is 61.4 cm³/mol. The first kappa shape index (κ1) is 10.8. The van der Waals surface area contributed by atoms with Crippen LogP contribution in [-0.4, -0.2) is 23.3 Å². The fourth-order valence-corrected chi connectivity index (χ4v) is 1.69. The maximum absolute atomic E-state index is 11.9. The van der Waals surface area contributed by atoms with Crippen LogP contribution in [0.4, 0.5) is 0 Å². The van der Waals surface area contributed by atoms with E-state index in [2.05, 4.69) is 30.9 Å². The number of aromatic amines is 1. The van der Waals surface area contributed by atoms with E-state index in [0.29, 0.717) is 10.9 Å². The smallest absolute Gasteiger partial charge is 0.362 e. The van der Waals surface area contributed by atoms with Gasteiger partial charge in [-0.15, -0.1) is 0 Å². The monoisotopic (exact) mass is 282 g/mol. The second kappa shape index (κ2) is 4.05. The largest absolute Gasteiger partial charge is 0.464 e. The number of nitrogens with one attached hydrogen (secondary N) is 1. The molecule has 1 aromatic heterocycles. The first-order chi connectivity index (χ1) is 7.63. The fourth-order valence-electron chi connectivity index (χ4n) is 1.33. The van der Waals surface area contributed by atoms with Crippen molar-refractivity contribution in [3.8, 4) is 0 Å². The van der Waals surface area contributed by atoms with Crippen molar-refractivity contribution in [2.24, 2.45) is 0 Å². The van der Waals surface area contributed by atoms with Gasteiger partial charge in [0.2, 0.25) is 11.1 Å². The lowest BCUT2D eigenvalue weighted by Crippen LogP contribution is -2.19. The minimum absolute atomic E-state index is 0.242. The Balaban J connectivity index is 2.78. The van der Waals surface area contributed by atoms with Crippen molar-refractivity contribution in [1.82, 2.24) is 10.2 Å². The number of benzene rings is 1. The van der Waals surface area contributed by atoms with E-state index in [1.807, 2.05) is 0 Å². The van der Waals surface area contributed by atoms with Crippen LogP contribution in [-0.2, 0) is 4.74 Å². The molecule has 0 atom stereocenters. The number of fused-ring (bicyclic) bond motifs is 1. The Kier molecular flexibility index (Phi) is 2.74. The van der Waals surface area contributed by atoms with E-state index in [1.54, 1.807) is 18.2 Å². The Labute approximate surface area is 98.6 Å². The standard InChI is InChI=1S/C10H7BrN2O3/c1-16-10(15)8-9(14)6-4-5(11)2-3-7(6)12-13-8/h2-4H,1H3,(H,12,14). The van der Waals surface area contributed by atoms with Crippen LogP contribution in [0, 0.1) is 0 Å². The molecule has 0 spiro atoms. The van der Waals surface area contributed by atoms with Crippen molar-refractivity contribution in [2.75, 3.05) is 7.11 Å². The number of rotatable bonds is 1. The molecule has 0 bridgehead atoms. The molecule has 0 radical (unpaired) electrons. The number of H-pyrrole nitrogens is 1. The molecule has 0 aliphatic rings. The van der Waals surface area contributed by atoms with Gasteiger partial charge >= 0.3 is 5.97 Å². The lowest BCUT2D eigenvalue weighted by molar-refractivity contribution is 0.0591. The van der Waals surface area contributed by atoms with Gasteiger partial charge in [-0.3, -0.25) is 9.89 Å². The first-order valence-corrected chi connectivity index (χ1v) is 5.19. The summed E-state index contributed by atoms with van der Waals surface area (Å²) >= 11 is 3.26. The highest BCUT2D eigenvalue weighted by molar-refractivity contribution is 9.10. The number of hydrogen-bond acceptors (Lipinski definition) is 4. The highest BCUT2D eigenvalue weighted by Crippen LogP contribution is 2.14. The third-order valence-corrected chi connectivity index (χ3v) is 2.60. The molecule has 1 heterocycles. The maximum atomic E-state index is 11.9. The molecule has 2 aromatic rings. The number of methoxy groups -OCH3 is 1. The minimum atomic E-state index is -0.747. The molecule has 0 saturated carbocycles. The van der Waals surface area contributed by atoms with Crippen LogP contribution in [0.5, 0.6) is 0 Å². The van der Waals surface area contributed by atoms with E-state index in [4.69, 9.17) is 0 Å². The molecule has 0 aliphatic carbocycles. The van der Waals surface area contributed by atoms with Crippen LogP contribution < -0.4 is 5.43 Å². The van der Waals surface area contributed by atoms with Gasteiger partial charge in [-0.2, -0.15) is 5.10 Å². The van der Waals surface area contributed by atoms with Crippen molar-refractivity contribution in [2.45, 2.75) is 0 Å². The molecular formula is C10H7BrN2O3. The van der Waals surface area contributed by atoms with Crippen molar-refractivity contribution >= 4 is 32.8 Å². The topological polar surface area (TPSA) is 72.0 Å². The average molecular weight is 283 g/mol. The fraction of sp³-hybridized carbons (Fsp3) is 0.100. The summed E-state index contributed by atoms with van der Waals surface area (Å²) in [5.74, 6) is -0.747. The molecule has 16 heavy (non-hydrogen) atoms. The molecule has 0 unspecified atom stereocenters. The minimum Gasteiger partial charge on any atom is -0.464 e.